The minimum absolute atomic E-state index is 0.0962. The zero-order chi connectivity index (χ0) is 13.5. The van der Waals surface area contributed by atoms with Crippen LogP contribution in [0.15, 0.2) is 18.2 Å². The Balaban J connectivity index is 3.02. The molecule has 100 valence electrons. The zero-order valence-electron chi connectivity index (χ0n) is 11.8. The van der Waals surface area contributed by atoms with Crippen molar-refractivity contribution in [1.82, 2.24) is 4.90 Å². The summed E-state index contributed by atoms with van der Waals surface area (Å²) in [4.78, 5) is 13.7. The average molecular weight is 249 g/mol. The molecule has 0 aliphatic carbocycles. The maximum absolute atomic E-state index is 11.4. The van der Waals surface area contributed by atoms with Crippen LogP contribution in [0.2, 0.25) is 0 Å². The fourth-order valence-electron chi connectivity index (χ4n) is 1.91. The molecule has 0 atom stereocenters. The first-order valence-corrected chi connectivity index (χ1v) is 6.61. The van der Waals surface area contributed by atoms with Gasteiger partial charge in [-0.1, -0.05) is 13.8 Å². The average Bonchev–Trinajstić information content (AvgIpc) is 2.37. The summed E-state index contributed by atoms with van der Waals surface area (Å²) in [6.07, 6.45) is 0. The number of hydrogen-bond donors (Lipinski definition) is 0. The molecule has 0 heterocycles. The van der Waals surface area contributed by atoms with Crippen LogP contribution in [0.1, 0.15) is 43.6 Å². The van der Waals surface area contributed by atoms with Crippen molar-refractivity contribution < 1.29 is 9.53 Å². The molecule has 0 spiro atoms. The van der Waals surface area contributed by atoms with Gasteiger partial charge in [-0.3, -0.25) is 9.69 Å². The Kier molecular flexibility index (Phi) is 5.86. The lowest BCUT2D eigenvalue weighted by Crippen LogP contribution is -2.22. The van der Waals surface area contributed by atoms with Gasteiger partial charge in [0.05, 0.1) is 6.61 Å². The van der Waals surface area contributed by atoms with Gasteiger partial charge in [-0.05, 0) is 45.1 Å². The number of nitrogens with zero attached hydrogens (tertiary/aromatic N) is 1. The standard InChI is InChI=1S/C15H23NO2/c1-5-16(6-2)11-14-10-13(12(4)17)8-9-15(14)18-7-3/h8-10H,5-7,11H2,1-4H3. The second-order valence-electron chi connectivity index (χ2n) is 4.27. The van der Waals surface area contributed by atoms with Gasteiger partial charge in [-0.25, -0.2) is 0 Å². The molecule has 0 aromatic heterocycles. The van der Waals surface area contributed by atoms with Gasteiger partial charge in [0.15, 0.2) is 5.78 Å². The number of carbonyl (C=O) groups excluding carboxylic acids is 1. The maximum Gasteiger partial charge on any atom is 0.159 e. The SMILES string of the molecule is CCOc1ccc(C(C)=O)cc1CN(CC)CC. The van der Waals surface area contributed by atoms with Crippen LogP contribution in [0, 0.1) is 0 Å². The normalized spacial score (nSPS) is 10.7. The third-order valence-electron chi connectivity index (χ3n) is 3.06. The minimum atomic E-state index is 0.0962. The summed E-state index contributed by atoms with van der Waals surface area (Å²) in [6.45, 7) is 11.3. The van der Waals surface area contributed by atoms with E-state index < -0.39 is 0 Å². The van der Waals surface area contributed by atoms with Crippen molar-refractivity contribution in [3.05, 3.63) is 29.3 Å². The van der Waals surface area contributed by atoms with Crippen LogP contribution < -0.4 is 4.74 Å². The number of Topliss-reactive ketones (excluding diaryl/α,β-unsaturated/α-hetero) is 1. The number of hydrogen-bond acceptors (Lipinski definition) is 3. The van der Waals surface area contributed by atoms with Crippen molar-refractivity contribution in [1.29, 1.82) is 0 Å². The van der Waals surface area contributed by atoms with Crippen LogP contribution in [0.25, 0.3) is 0 Å². The molecule has 3 heteroatoms. The lowest BCUT2D eigenvalue weighted by Gasteiger charge is -2.20. The molecule has 0 fully saturated rings. The van der Waals surface area contributed by atoms with Gasteiger partial charge in [-0.2, -0.15) is 0 Å². The Bertz CT molecular complexity index is 397. The van der Waals surface area contributed by atoms with Gasteiger partial charge in [0.1, 0.15) is 5.75 Å². The highest BCUT2D eigenvalue weighted by Gasteiger charge is 2.10. The van der Waals surface area contributed by atoms with Crippen LogP contribution >= 0.6 is 0 Å². The molecule has 0 unspecified atom stereocenters. The number of benzene rings is 1. The van der Waals surface area contributed by atoms with E-state index in [1.54, 1.807) is 6.92 Å². The van der Waals surface area contributed by atoms with E-state index in [-0.39, 0.29) is 5.78 Å². The quantitative estimate of drug-likeness (QED) is 0.695. The van der Waals surface area contributed by atoms with Crippen LogP contribution in [-0.2, 0) is 6.54 Å². The van der Waals surface area contributed by atoms with Crippen LogP contribution in [0.4, 0.5) is 0 Å². The highest BCUT2D eigenvalue weighted by molar-refractivity contribution is 5.94. The van der Waals surface area contributed by atoms with E-state index >= 15 is 0 Å². The van der Waals surface area contributed by atoms with E-state index in [0.29, 0.717) is 6.61 Å². The highest BCUT2D eigenvalue weighted by atomic mass is 16.5. The van der Waals surface area contributed by atoms with E-state index in [2.05, 4.69) is 18.7 Å². The van der Waals surface area contributed by atoms with Gasteiger partial charge in [-0.15, -0.1) is 0 Å². The second-order valence-corrected chi connectivity index (χ2v) is 4.27. The summed E-state index contributed by atoms with van der Waals surface area (Å²) >= 11 is 0. The first kappa shape index (κ1) is 14.7. The Morgan fingerprint density at radius 3 is 2.39 bits per heavy atom. The maximum atomic E-state index is 11.4. The van der Waals surface area contributed by atoms with E-state index in [9.17, 15) is 4.79 Å². The molecule has 1 aromatic rings. The van der Waals surface area contributed by atoms with E-state index in [0.717, 1.165) is 36.5 Å². The Morgan fingerprint density at radius 2 is 1.89 bits per heavy atom. The van der Waals surface area contributed by atoms with Crippen molar-refractivity contribution in [2.24, 2.45) is 0 Å². The first-order chi connectivity index (χ1) is 8.62. The zero-order valence-corrected chi connectivity index (χ0v) is 11.8. The van der Waals surface area contributed by atoms with Gasteiger partial charge >= 0.3 is 0 Å². The molecule has 1 aromatic carbocycles. The number of ether oxygens (including phenoxy) is 1. The second kappa shape index (κ2) is 7.17. The van der Waals surface area contributed by atoms with Crippen LogP contribution in [-0.4, -0.2) is 30.4 Å². The van der Waals surface area contributed by atoms with Gasteiger partial charge < -0.3 is 4.74 Å². The molecule has 1 rings (SSSR count). The molecule has 0 bridgehead atoms. The van der Waals surface area contributed by atoms with Crippen LogP contribution in [0.5, 0.6) is 5.75 Å². The first-order valence-electron chi connectivity index (χ1n) is 6.61. The number of rotatable bonds is 7. The molecule has 18 heavy (non-hydrogen) atoms. The van der Waals surface area contributed by atoms with Gasteiger partial charge in [0.2, 0.25) is 0 Å². The lowest BCUT2D eigenvalue weighted by molar-refractivity contribution is 0.101. The van der Waals surface area contributed by atoms with Crippen molar-refractivity contribution in [3.8, 4) is 5.75 Å². The number of ketones is 1. The summed E-state index contributed by atoms with van der Waals surface area (Å²) in [6, 6.07) is 5.68. The van der Waals surface area contributed by atoms with E-state index in [4.69, 9.17) is 4.74 Å². The minimum Gasteiger partial charge on any atom is -0.494 e. The molecule has 0 amide bonds. The van der Waals surface area contributed by atoms with Gasteiger partial charge in [0, 0.05) is 17.7 Å². The summed E-state index contributed by atoms with van der Waals surface area (Å²) < 4.78 is 5.62. The number of carbonyl (C=O) groups is 1. The van der Waals surface area contributed by atoms with Crippen molar-refractivity contribution in [3.63, 3.8) is 0 Å². The molecule has 0 saturated carbocycles. The van der Waals surface area contributed by atoms with Gasteiger partial charge in [0.25, 0.3) is 0 Å². The molecule has 0 N–H and O–H groups in total. The predicted octanol–water partition coefficient (Wildman–Crippen LogP) is 3.13. The molecule has 0 aliphatic heterocycles. The predicted molar refractivity (Wildman–Crippen MR) is 74.2 cm³/mol. The summed E-state index contributed by atoms with van der Waals surface area (Å²) in [5, 5.41) is 0. The fraction of sp³-hybridized carbons (Fsp3) is 0.533. The summed E-state index contributed by atoms with van der Waals surface area (Å²) in [7, 11) is 0. The third kappa shape index (κ3) is 3.84. The van der Waals surface area contributed by atoms with Crippen molar-refractivity contribution >= 4 is 5.78 Å². The highest BCUT2D eigenvalue weighted by Crippen LogP contribution is 2.22. The topological polar surface area (TPSA) is 29.5 Å². The summed E-state index contributed by atoms with van der Waals surface area (Å²) in [5.74, 6) is 0.980. The lowest BCUT2D eigenvalue weighted by atomic mass is 10.1. The van der Waals surface area contributed by atoms with E-state index in [1.807, 2.05) is 25.1 Å². The monoisotopic (exact) mass is 249 g/mol. The Morgan fingerprint density at radius 1 is 1.22 bits per heavy atom. The molecule has 0 radical (unpaired) electrons. The smallest absolute Gasteiger partial charge is 0.159 e. The largest absolute Gasteiger partial charge is 0.494 e. The Hall–Kier alpha value is -1.35. The fourth-order valence-corrected chi connectivity index (χ4v) is 1.91. The summed E-state index contributed by atoms with van der Waals surface area (Å²) in [5.41, 5.74) is 1.84. The molecular formula is C15H23NO2. The van der Waals surface area contributed by atoms with Crippen molar-refractivity contribution in [2.75, 3.05) is 19.7 Å². The van der Waals surface area contributed by atoms with Crippen LogP contribution in [0.3, 0.4) is 0 Å². The molecular weight excluding hydrogens is 226 g/mol. The molecule has 0 aliphatic rings. The Labute approximate surface area is 110 Å². The van der Waals surface area contributed by atoms with E-state index in [1.165, 1.54) is 0 Å². The molecule has 3 nitrogen and oxygen atoms in total. The van der Waals surface area contributed by atoms with Crippen molar-refractivity contribution in [2.45, 2.75) is 34.2 Å². The molecule has 0 saturated heterocycles. The third-order valence-corrected chi connectivity index (χ3v) is 3.06.